The second-order valence-electron chi connectivity index (χ2n) is 7.32. The Balaban J connectivity index is 0.00000312. The Kier molecular flexibility index (Phi) is 10.1. The number of nitrogens with two attached hydrogens (primary N) is 1. The van der Waals surface area contributed by atoms with Crippen LogP contribution < -0.4 is 11.1 Å². The first-order chi connectivity index (χ1) is 11.3. The predicted octanol–water partition coefficient (Wildman–Crippen LogP) is 2.61. The van der Waals surface area contributed by atoms with Crippen molar-refractivity contribution in [2.75, 3.05) is 26.7 Å². The first-order valence-electron chi connectivity index (χ1n) is 8.72. The van der Waals surface area contributed by atoms with Gasteiger partial charge in [0, 0.05) is 38.1 Å². The average molecular weight is 406 g/mol. The minimum atomic E-state index is -0.842. The van der Waals surface area contributed by atoms with Gasteiger partial charge in [0.15, 0.2) is 0 Å². The van der Waals surface area contributed by atoms with Crippen molar-refractivity contribution in [1.29, 1.82) is 0 Å². The van der Waals surface area contributed by atoms with Crippen LogP contribution >= 0.6 is 24.8 Å². The van der Waals surface area contributed by atoms with Crippen LogP contribution in [0.25, 0.3) is 0 Å². The van der Waals surface area contributed by atoms with Crippen LogP contribution in [0.15, 0.2) is 30.3 Å². The molecule has 1 fully saturated rings. The maximum Gasteiger partial charge on any atom is 0.240 e. The number of likely N-dealkylation sites (N-methyl/N-ethyl adjacent to an activating group) is 1. The highest BCUT2D eigenvalue weighted by Gasteiger charge is 2.62. The van der Waals surface area contributed by atoms with E-state index in [1.54, 1.807) is 0 Å². The predicted molar refractivity (Wildman–Crippen MR) is 111 cm³/mol. The van der Waals surface area contributed by atoms with Crippen molar-refractivity contribution in [2.45, 2.75) is 45.4 Å². The van der Waals surface area contributed by atoms with Gasteiger partial charge in [-0.2, -0.15) is 0 Å². The number of halogens is 2. The minimum absolute atomic E-state index is 0. The monoisotopic (exact) mass is 405 g/mol. The van der Waals surface area contributed by atoms with E-state index in [4.69, 9.17) is 10.5 Å². The molecular weight excluding hydrogens is 373 g/mol. The molecule has 1 aromatic rings. The Morgan fingerprint density at radius 1 is 1.31 bits per heavy atom. The lowest BCUT2D eigenvalue weighted by molar-refractivity contribution is -0.170. The van der Waals surface area contributed by atoms with E-state index >= 15 is 0 Å². The van der Waals surface area contributed by atoms with E-state index < -0.39 is 5.54 Å². The SMILES string of the molecule is CCOC1CC(N)(C(=O)NCCN(C)Cc2ccccc2)C1(C)C.Cl.Cl. The summed E-state index contributed by atoms with van der Waals surface area (Å²) >= 11 is 0. The third-order valence-electron chi connectivity index (χ3n) is 5.31. The highest BCUT2D eigenvalue weighted by Crippen LogP contribution is 2.49. The third kappa shape index (κ3) is 5.33. The molecule has 0 radical (unpaired) electrons. The number of ether oxygens (including phenoxy) is 1. The van der Waals surface area contributed by atoms with Crippen LogP contribution in [0.5, 0.6) is 0 Å². The van der Waals surface area contributed by atoms with Crippen LogP contribution in [0.1, 0.15) is 32.8 Å². The number of hydrogen-bond acceptors (Lipinski definition) is 4. The lowest BCUT2D eigenvalue weighted by Gasteiger charge is -2.57. The van der Waals surface area contributed by atoms with E-state index in [1.165, 1.54) is 5.56 Å². The molecule has 0 aliphatic heterocycles. The van der Waals surface area contributed by atoms with Crippen molar-refractivity contribution in [3.05, 3.63) is 35.9 Å². The Bertz CT molecular complexity index is 557. The van der Waals surface area contributed by atoms with Crippen LogP contribution in [0.2, 0.25) is 0 Å². The van der Waals surface area contributed by atoms with Crippen molar-refractivity contribution >= 4 is 30.7 Å². The molecule has 150 valence electrons. The summed E-state index contributed by atoms with van der Waals surface area (Å²) in [5.41, 5.74) is 6.46. The third-order valence-corrected chi connectivity index (χ3v) is 5.31. The zero-order valence-electron chi connectivity index (χ0n) is 16.2. The molecule has 2 rings (SSSR count). The molecule has 1 aromatic carbocycles. The second-order valence-corrected chi connectivity index (χ2v) is 7.32. The molecule has 3 N–H and O–H groups in total. The van der Waals surface area contributed by atoms with Crippen molar-refractivity contribution < 1.29 is 9.53 Å². The summed E-state index contributed by atoms with van der Waals surface area (Å²) in [5.74, 6) is -0.0726. The van der Waals surface area contributed by atoms with Gasteiger partial charge < -0.3 is 20.7 Å². The van der Waals surface area contributed by atoms with Crippen LogP contribution in [-0.2, 0) is 16.1 Å². The zero-order chi connectivity index (χ0) is 17.8. The summed E-state index contributed by atoms with van der Waals surface area (Å²) in [6, 6.07) is 10.3. The van der Waals surface area contributed by atoms with Crippen molar-refractivity contribution in [2.24, 2.45) is 11.1 Å². The first kappa shape index (κ1) is 25.1. The maximum atomic E-state index is 12.5. The molecule has 0 spiro atoms. The molecule has 1 saturated carbocycles. The largest absolute Gasteiger partial charge is 0.378 e. The number of rotatable bonds is 8. The Morgan fingerprint density at radius 2 is 1.92 bits per heavy atom. The lowest BCUT2D eigenvalue weighted by Crippen LogP contribution is -2.75. The molecule has 1 amide bonds. The molecule has 0 aromatic heterocycles. The average Bonchev–Trinajstić information content (AvgIpc) is 2.55. The summed E-state index contributed by atoms with van der Waals surface area (Å²) in [5, 5.41) is 3.00. The van der Waals surface area contributed by atoms with Crippen LogP contribution in [0.4, 0.5) is 0 Å². The standard InChI is InChI=1S/C19H31N3O2.2ClH/c1-5-24-16-13-19(20,18(16,2)3)17(23)21-11-12-22(4)14-15-9-7-6-8-10-15;;/h6-10,16H,5,11-14,20H2,1-4H3,(H,21,23);2*1H. The van der Waals surface area contributed by atoms with Gasteiger partial charge in [0.2, 0.25) is 5.91 Å². The summed E-state index contributed by atoms with van der Waals surface area (Å²) < 4.78 is 5.68. The highest BCUT2D eigenvalue weighted by atomic mass is 35.5. The summed E-state index contributed by atoms with van der Waals surface area (Å²) in [4.78, 5) is 14.7. The highest BCUT2D eigenvalue weighted by molar-refractivity contribution is 5.88. The molecule has 5 nitrogen and oxygen atoms in total. The van der Waals surface area contributed by atoms with Crippen molar-refractivity contribution in [3.63, 3.8) is 0 Å². The molecule has 7 heteroatoms. The fourth-order valence-corrected chi connectivity index (χ4v) is 3.31. The maximum absolute atomic E-state index is 12.5. The van der Waals surface area contributed by atoms with Gasteiger partial charge in [-0.3, -0.25) is 4.79 Å². The minimum Gasteiger partial charge on any atom is -0.378 e. The lowest BCUT2D eigenvalue weighted by atomic mass is 9.54. The normalized spacial score (nSPS) is 23.4. The van der Waals surface area contributed by atoms with Gasteiger partial charge in [0.05, 0.1) is 6.10 Å². The topological polar surface area (TPSA) is 67.6 Å². The number of amides is 1. The van der Waals surface area contributed by atoms with E-state index in [9.17, 15) is 4.79 Å². The Hall–Kier alpha value is -0.850. The Morgan fingerprint density at radius 3 is 2.46 bits per heavy atom. The second kappa shape index (κ2) is 10.5. The van der Waals surface area contributed by atoms with Crippen LogP contribution in [0.3, 0.4) is 0 Å². The zero-order valence-corrected chi connectivity index (χ0v) is 17.8. The smallest absolute Gasteiger partial charge is 0.240 e. The fraction of sp³-hybridized carbons (Fsp3) is 0.632. The van der Waals surface area contributed by atoms with Gasteiger partial charge in [-0.1, -0.05) is 44.2 Å². The van der Waals surface area contributed by atoms with Crippen molar-refractivity contribution in [1.82, 2.24) is 10.2 Å². The van der Waals surface area contributed by atoms with Crippen LogP contribution in [-0.4, -0.2) is 49.2 Å². The van der Waals surface area contributed by atoms with Gasteiger partial charge in [-0.05, 0) is 19.5 Å². The molecule has 2 unspecified atom stereocenters. The van der Waals surface area contributed by atoms with Gasteiger partial charge >= 0.3 is 0 Å². The van der Waals surface area contributed by atoms with E-state index in [1.807, 2.05) is 39.0 Å². The molecule has 1 aliphatic rings. The molecule has 2 atom stereocenters. The quantitative estimate of drug-likeness (QED) is 0.697. The van der Waals surface area contributed by atoms with E-state index in [0.29, 0.717) is 19.6 Å². The number of carbonyl (C=O) groups excluding carboxylic acids is 1. The van der Waals surface area contributed by atoms with Crippen LogP contribution in [0, 0.1) is 5.41 Å². The number of benzene rings is 1. The number of hydrogen-bond donors (Lipinski definition) is 2. The first-order valence-corrected chi connectivity index (χ1v) is 8.72. The molecule has 26 heavy (non-hydrogen) atoms. The van der Waals surface area contributed by atoms with Gasteiger partial charge in [-0.25, -0.2) is 0 Å². The molecular formula is C19H33Cl2N3O2. The van der Waals surface area contributed by atoms with Gasteiger partial charge in [-0.15, -0.1) is 24.8 Å². The molecule has 1 aliphatic carbocycles. The van der Waals surface area contributed by atoms with Crippen molar-refractivity contribution in [3.8, 4) is 0 Å². The van der Waals surface area contributed by atoms with E-state index in [2.05, 4.69) is 29.4 Å². The molecule has 0 heterocycles. The summed E-state index contributed by atoms with van der Waals surface area (Å²) in [6.07, 6.45) is 0.637. The molecule has 0 saturated heterocycles. The van der Waals surface area contributed by atoms with E-state index in [-0.39, 0.29) is 42.2 Å². The fourth-order valence-electron chi connectivity index (χ4n) is 3.31. The van der Waals surface area contributed by atoms with Gasteiger partial charge in [0.25, 0.3) is 0 Å². The number of nitrogens with one attached hydrogen (secondary N) is 1. The molecule has 0 bridgehead atoms. The Labute approximate surface area is 169 Å². The van der Waals surface area contributed by atoms with E-state index in [0.717, 1.165) is 13.1 Å². The summed E-state index contributed by atoms with van der Waals surface area (Å²) in [6.45, 7) is 8.88. The van der Waals surface area contributed by atoms with Gasteiger partial charge in [0.1, 0.15) is 5.54 Å². The summed E-state index contributed by atoms with van der Waals surface area (Å²) in [7, 11) is 2.05. The number of carbonyl (C=O) groups is 1. The number of nitrogens with zero attached hydrogens (tertiary/aromatic N) is 1.